The van der Waals surface area contributed by atoms with Gasteiger partial charge in [-0.25, -0.2) is 5.43 Å². The quantitative estimate of drug-likeness (QED) is 0.156. The molecule has 0 unspecified atom stereocenters. The molecule has 0 saturated carbocycles. The molecule has 0 aliphatic carbocycles. The fraction of sp³-hybridized carbons (Fsp3) is 0.0741. The SMILES string of the molecule is O=C(C[C@H](NC(=O)c1ccccc1)c1ccccc1)N/N=C\c1ccc(-c2ccc([N+](=O)[O-])cc2Br)o1. The van der Waals surface area contributed by atoms with E-state index in [4.69, 9.17) is 4.42 Å². The van der Waals surface area contributed by atoms with Crippen LogP contribution in [0.2, 0.25) is 0 Å². The number of carbonyl (C=O) groups excluding carboxylic acids is 2. The van der Waals surface area contributed by atoms with E-state index in [9.17, 15) is 19.7 Å². The number of amides is 2. The summed E-state index contributed by atoms with van der Waals surface area (Å²) in [5.41, 5.74) is 4.33. The number of non-ortho nitro benzene ring substituents is 1. The molecule has 186 valence electrons. The van der Waals surface area contributed by atoms with Crippen molar-refractivity contribution in [2.45, 2.75) is 12.5 Å². The molecule has 0 aliphatic rings. The number of nitrogens with zero attached hydrogens (tertiary/aromatic N) is 2. The lowest BCUT2D eigenvalue weighted by Crippen LogP contribution is -2.32. The molecule has 0 fully saturated rings. The number of halogens is 1. The van der Waals surface area contributed by atoms with Crippen molar-refractivity contribution < 1.29 is 18.9 Å². The molecule has 0 saturated heterocycles. The summed E-state index contributed by atoms with van der Waals surface area (Å²) in [5.74, 6) is 0.162. The van der Waals surface area contributed by atoms with E-state index < -0.39 is 16.9 Å². The van der Waals surface area contributed by atoms with E-state index in [0.29, 0.717) is 27.1 Å². The van der Waals surface area contributed by atoms with Crippen LogP contribution >= 0.6 is 15.9 Å². The van der Waals surface area contributed by atoms with Crippen molar-refractivity contribution in [3.63, 3.8) is 0 Å². The summed E-state index contributed by atoms with van der Waals surface area (Å²) in [6.07, 6.45) is 1.32. The van der Waals surface area contributed by atoms with Crippen molar-refractivity contribution in [2.24, 2.45) is 5.10 Å². The van der Waals surface area contributed by atoms with Crippen LogP contribution in [0.15, 0.2) is 105 Å². The summed E-state index contributed by atoms with van der Waals surface area (Å²) in [5, 5.41) is 17.8. The molecule has 1 atom stereocenters. The molecule has 0 radical (unpaired) electrons. The molecule has 4 aromatic rings. The van der Waals surface area contributed by atoms with E-state index in [1.165, 1.54) is 18.3 Å². The highest BCUT2D eigenvalue weighted by molar-refractivity contribution is 9.10. The summed E-state index contributed by atoms with van der Waals surface area (Å²) in [6.45, 7) is 0. The number of nitrogens with one attached hydrogen (secondary N) is 2. The zero-order valence-corrected chi connectivity index (χ0v) is 20.9. The monoisotopic (exact) mass is 560 g/mol. The van der Waals surface area contributed by atoms with Crippen molar-refractivity contribution in [1.29, 1.82) is 0 Å². The van der Waals surface area contributed by atoms with Crippen LogP contribution in [0.5, 0.6) is 0 Å². The number of benzene rings is 3. The Hall–Kier alpha value is -4.57. The number of hydrogen-bond acceptors (Lipinski definition) is 6. The Morgan fingerprint density at radius 3 is 2.38 bits per heavy atom. The first kappa shape index (κ1) is 25.5. The van der Waals surface area contributed by atoms with Gasteiger partial charge < -0.3 is 9.73 Å². The summed E-state index contributed by atoms with van der Waals surface area (Å²) in [4.78, 5) is 35.8. The van der Waals surface area contributed by atoms with Crippen molar-refractivity contribution in [2.75, 3.05) is 0 Å². The molecule has 2 amide bonds. The lowest BCUT2D eigenvalue weighted by atomic mass is 10.0. The average molecular weight is 561 g/mol. The van der Waals surface area contributed by atoms with Crippen LogP contribution in [0, 0.1) is 10.1 Å². The Balaban J connectivity index is 1.40. The van der Waals surface area contributed by atoms with E-state index in [1.54, 1.807) is 42.5 Å². The minimum atomic E-state index is -0.557. The molecule has 0 bridgehead atoms. The van der Waals surface area contributed by atoms with Gasteiger partial charge in [-0.3, -0.25) is 19.7 Å². The number of hydrazone groups is 1. The third kappa shape index (κ3) is 6.77. The third-order valence-corrected chi connectivity index (χ3v) is 6.03. The van der Waals surface area contributed by atoms with Gasteiger partial charge in [-0.15, -0.1) is 0 Å². The first-order chi connectivity index (χ1) is 17.9. The average Bonchev–Trinajstić information content (AvgIpc) is 3.37. The van der Waals surface area contributed by atoms with Crippen molar-refractivity contribution >= 4 is 39.6 Å². The van der Waals surface area contributed by atoms with Gasteiger partial charge in [0, 0.05) is 27.7 Å². The van der Waals surface area contributed by atoms with Crippen LogP contribution in [0.1, 0.15) is 34.1 Å². The summed E-state index contributed by atoms with van der Waals surface area (Å²) < 4.78 is 6.24. The molecule has 0 aliphatic heterocycles. The van der Waals surface area contributed by atoms with E-state index in [0.717, 1.165) is 5.56 Å². The number of carbonyl (C=O) groups is 2. The summed E-state index contributed by atoms with van der Waals surface area (Å²) in [7, 11) is 0. The van der Waals surface area contributed by atoms with Gasteiger partial charge in [0.25, 0.3) is 11.6 Å². The Labute approximate surface area is 220 Å². The van der Waals surface area contributed by atoms with Crippen LogP contribution in [-0.4, -0.2) is 23.0 Å². The molecule has 0 spiro atoms. The zero-order valence-electron chi connectivity index (χ0n) is 19.3. The summed E-state index contributed by atoms with van der Waals surface area (Å²) >= 11 is 3.32. The van der Waals surface area contributed by atoms with E-state index >= 15 is 0 Å². The minimum Gasteiger partial charge on any atom is -0.455 e. The van der Waals surface area contributed by atoms with E-state index in [-0.39, 0.29) is 18.0 Å². The van der Waals surface area contributed by atoms with Crippen molar-refractivity contribution in [3.05, 3.63) is 122 Å². The zero-order chi connectivity index (χ0) is 26.2. The van der Waals surface area contributed by atoms with Crippen molar-refractivity contribution in [1.82, 2.24) is 10.7 Å². The van der Waals surface area contributed by atoms with Gasteiger partial charge in [0.15, 0.2) is 0 Å². The van der Waals surface area contributed by atoms with Crippen LogP contribution in [0.3, 0.4) is 0 Å². The van der Waals surface area contributed by atoms with Gasteiger partial charge in [-0.1, -0.05) is 48.5 Å². The lowest BCUT2D eigenvalue weighted by Gasteiger charge is -2.18. The molecule has 4 rings (SSSR count). The van der Waals surface area contributed by atoms with Gasteiger partial charge in [-0.2, -0.15) is 5.10 Å². The topological polar surface area (TPSA) is 127 Å². The van der Waals surface area contributed by atoms with Crippen LogP contribution < -0.4 is 10.7 Å². The molecule has 9 nitrogen and oxygen atoms in total. The normalized spacial score (nSPS) is 11.7. The molecular weight excluding hydrogens is 540 g/mol. The molecule has 3 aromatic carbocycles. The number of hydrogen-bond donors (Lipinski definition) is 2. The Morgan fingerprint density at radius 2 is 1.70 bits per heavy atom. The molecule has 1 heterocycles. The van der Waals surface area contributed by atoms with Gasteiger partial charge in [0.2, 0.25) is 5.91 Å². The number of nitro benzene ring substituents is 1. The highest BCUT2D eigenvalue weighted by Crippen LogP contribution is 2.32. The minimum absolute atomic E-state index is 0.0287. The van der Waals surface area contributed by atoms with Gasteiger partial charge in [0.1, 0.15) is 11.5 Å². The van der Waals surface area contributed by atoms with Gasteiger partial charge in [-0.05, 0) is 51.8 Å². The fourth-order valence-electron chi connectivity index (χ4n) is 3.55. The smallest absolute Gasteiger partial charge is 0.270 e. The highest BCUT2D eigenvalue weighted by atomic mass is 79.9. The largest absolute Gasteiger partial charge is 0.455 e. The second kappa shape index (κ2) is 11.9. The standard InChI is InChI=1S/C27H21BrN4O5/c28-23-15-20(32(35)36)11-13-22(23)25-14-12-21(37-25)17-29-31-26(33)16-24(18-7-3-1-4-8-18)30-27(34)19-9-5-2-6-10-19/h1-15,17,24H,16H2,(H,30,34)(H,31,33)/b29-17-/t24-/m0/s1. The Kier molecular flexibility index (Phi) is 8.22. The van der Waals surface area contributed by atoms with E-state index in [1.807, 2.05) is 36.4 Å². The second-order valence-electron chi connectivity index (χ2n) is 7.92. The van der Waals surface area contributed by atoms with Crippen molar-refractivity contribution in [3.8, 4) is 11.3 Å². The van der Waals surface area contributed by atoms with E-state index in [2.05, 4.69) is 31.8 Å². The van der Waals surface area contributed by atoms with Crippen LogP contribution in [0.25, 0.3) is 11.3 Å². The maximum absolute atomic E-state index is 12.7. The molecule has 2 N–H and O–H groups in total. The maximum Gasteiger partial charge on any atom is 0.270 e. The van der Waals surface area contributed by atoms with Crippen LogP contribution in [0.4, 0.5) is 5.69 Å². The third-order valence-electron chi connectivity index (χ3n) is 5.37. The fourth-order valence-corrected chi connectivity index (χ4v) is 4.11. The molecule has 1 aromatic heterocycles. The number of rotatable bonds is 9. The lowest BCUT2D eigenvalue weighted by molar-refractivity contribution is -0.384. The molecule has 10 heteroatoms. The van der Waals surface area contributed by atoms with Gasteiger partial charge in [0.05, 0.1) is 23.6 Å². The summed E-state index contributed by atoms with van der Waals surface area (Å²) in [6, 6.07) is 25.1. The highest BCUT2D eigenvalue weighted by Gasteiger charge is 2.19. The Bertz CT molecular complexity index is 1440. The first-order valence-electron chi connectivity index (χ1n) is 11.2. The predicted octanol–water partition coefficient (Wildman–Crippen LogP) is 5.63. The Morgan fingerprint density at radius 1 is 1.00 bits per heavy atom. The molecular formula is C27H21BrN4O5. The first-order valence-corrected chi connectivity index (χ1v) is 12.0. The maximum atomic E-state index is 12.7. The molecule has 37 heavy (non-hydrogen) atoms. The number of nitro groups is 1. The van der Waals surface area contributed by atoms with Gasteiger partial charge >= 0.3 is 0 Å². The van der Waals surface area contributed by atoms with Crippen LogP contribution in [-0.2, 0) is 4.79 Å². The predicted molar refractivity (Wildman–Crippen MR) is 142 cm³/mol. The second-order valence-corrected chi connectivity index (χ2v) is 8.78. The number of furan rings is 1.